The van der Waals surface area contributed by atoms with E-state index in [2.05, 4.69) is 31.2 Å². The fourth-order valence-electron chi connectivity index (χ4n) is 5.06. The molecule has 1 aromatic rings. The van der Waals surface area contributed by atoms with Crippen molar-refractivity contribution in [2.45, 2.75) is 38.0 Å². The van der Waals surface area contributed by atoms with Crippen LogP contribution in [0.1, 0.15) is 30.4 Å². The van der Waals surface area contributed by atoms with E-state index in [1.807, 2.05) is 0 Å². The number of alkyl halides is 1. The maximum absolute atomic E-state index is 6.75. The number of rotatable bonds is 3. The van der Waals surface area contributed by atoms with E-state index in [4.69, 9.17) is 11.6 Å². The molecule has 0 saturated heterocycles. The van der Waals surface area contributed by atoms with Crippen LogP contribution in [0.25, 0.3) is 0 Å². The minimum absolute atomic E-state index is 0.379. The number of hydrogen-bond acceptors (Lipinski definition) is 0. The zero-order valence-electron chi connectivity index (χ0n) is 11.0. The van der Waals surface area contributed by atoms with Crippen LogP contribution in [0.2, 0.25) is 0 Å². The van der Waals surface area contributed by atoms with Crippen molar-refractivity contribution in [3.05, 3.63) is 35.4 Å². The van der Waals surface area contributed by atoms with Gasteiger partial charge in [-0.1, -0.05) is 24.3 Å². The molecule has 0 spiro atoms. The molecule has 1 heteroatoms. The normalized spacial score (nSPS) is 41.8. The summed E-state index contributed by atoms with van der Waals surface area (Å²) in [5.41, 5.74) is 2.85. The second-order valence-corrected chi connectivity index (χ2v) is 7.27. The van der Waals surface area contributed by atoms with Crippen LogP contribution in [0.15, 0.2) is 24.3 Å². The van der Waals surface area contributed by atoms with Crippen molar-refractivity contribution in [2.75, 3.05) is 0 Å². The fraction of sp³-hybridized carbons (Fsp3) is 0.647. The van der Waals surface area contributed by atoms with Crippen LogP contribution in [0.5, 0.6) is 0 Å². The van der Waals surface area contributed by atoms with E-state index < -0.39 is 0 Å². The summed E-state index contributed by atoms with van der Waals surface area (Å²) >= 11 is 6.75. The predicted octanol–water partition coefficient (Wildman–Crippen LogP) is 4.44. The highest BCUT2D eigenvalue weighted by atomic mass is 35.5. The first-order valence-electron chi connectivity index (χ1n) is 7.44. The van der Waals surface area contributed by atoms with Crippen LogP contribution in [-0.2, 0) is 6.42 Å². The SMILES string of the molecule is Cc1ccccc1CC(Cl)C1C2C3CCC(C3)C12. The molecule has 1 aromatic carbocycles. The number of aryl methyl sites for hydroxylation is 1. The van der Waals surface area contributed by atoms with Crippen molar-refractivity contribution in [1.82, 2.24) is 0 Å². The van der Waals surface area contributed by atoms with Gasteiger partial charge in [-0.2, -0.15) is 0 Å². The predicted molar refractivity (Wildman–Crippen MR) is 75.8 cm³/mol. The summed E-state index contributed by atoms with van der Waals surface area (Å²) < 4.78 is 0. The third-order valence-electron chi connectivity index (χ3n) is 5.89. The van der Waals surface area contributed by atoms with Gasteiger partial charge in [0.15, 0.2) is 0 Å². The number of halogens is 1. The lowest BCUT2D eigenvalue weighted by atomic mass is 9.95. The molecule has 3 aliphatic carbocycles. The van der Waals surface area contributed by atoms with Crippen LogP contribution >= 0.6 is 11.6 Å². The Labute approximate surface area is 115 Å². The van der Waals surface area contributed by atoms with E-state index in [0.717, 1.165) is 36.0 Å². The van der Waals surface area contributed by atoms with Gasteiger partial charge in [-0.25, -0.2) is 0 Å². The van der Waals surface area contributed by atoms with Crippen molar-refractivity contribution >= 4 is 11.6 Å². The lowest BCUT2D eigenvalue weighted by molar-refractivity contribution is 0.449. The average molecular weight is 261 g/mol. The minimum Gasteiger partial charge on any atom is -0.122 e. The minimum atomic E-state index is 0.379. The van der Waals surface area contributed by atoms with Gasteiger partial charge in [-0.15, -0.1) is 11.6 Å². The van der Waals surface area contributed by atoms with Gasteiger partial charge in [0.1, 0.15) is 0 Å². The Kier molecular flexibility index (Phi) is 2.52. The van der Waals surface area contributed by atoms with Crippen molar-refractivity contribution < 1.29 is 0 Å². The molecule has 18 heavy (non-hydrogen) atoms. The van der Waals surface area contributed by atoms with E-state index in [-0.39, 0.29) is 0 Å². The van der Waals surface area contributed by atoms with Crippen LogP contribution in [-0.4, -0.2) is 5.38 Å². The molecule has 2 bridgehead atoms. The second-order valence-electron chi connectivity index (χ2n) is 6.71. The number of fused-ring (bicyclic) bond motifs is 5. The van der Waals surface area contributed by atoms with Gasteiger partial charge in [0.05, 0.1) is 0 Å². The molecule has 4 rings (SSSR count). The molecule has 0 aromatic heterocycles. The van der Waals surface area contributed by atoms with E-state index in [1.54, 1.807) is 0 Å². The summed E-state index contributed by atoms with van der Waals surface area (Å²) in [7, 11) is 0. The molecule has 5 unspecified atom stereocenters. The average Bonchev–Trinajstić information content (AvgIpc) is 2.82. The summed E-state index contributed by atoms with van der Waals surface area (Å²) in [5, 5.41) is 0.379. The zero-order valence-corrected chi connectivity index (χ0v) is 11.7. The molecule has 0 radical (unpaired) electrons. The summed E-state index contributed by atoms with van der Waals surface area (Å²) in [5.74, 6) is 4.95. The molecule has 0 amide bonds. The molecule has 0 N–H and O–H groups in total. The first-order valence-corrected chi connectivity index (χ1v) is 7.88. The highest BCUT2D eigenvalue weighted by Crippen LogP contribution is 2.71. The molecule has 3 saturated carbocycles. The quantitative estimate of drug-likeness (QED) is 0.705. The number of benzene rings is 1. The van der Waals surface area contributed by atoms with Crippen LogP contribution in [0.3, 0.4) is 0 Å². The Morgan fingerprint density at radius 3 is 2.50 bits per heavy atom. The van der Waals surface area contributed by atoms with Crippen molar-refractivity contribution in [3.63, 3.8) is 0 Å². The van der Waals surface area contributed by atoms with Gasteiger partial charge in [-0.3, -0.25) is 0 Å². The van der Waals surface area contributed by atoms with Crippen LogP contribution in [0, 0.1) is 36.5 Å². The Balaban J connectivity index is 1.47. The molecule has 96 valence electrons. The highest BCUT2D eigenvalue weighted by molar-refractivity contribution is 6.21. The Bertz CT molecular complexity index is 450. The topological polar surface area (TPSA) is 0 Å². The molecule has 0 aliphatic heterocycles. The lowest BCUT2D eigenvalue weighted by Gasteiger charge is -2.15. The second kappa shape index (κ2) is 4.00. The Morgan fingerprint density at radius 2 is 1.83 bits per heavy atom. The first-order chi connectivity index (χ1) is 8.75. The first kappa shape index (κ1) is 11.3. The summed E-state index contributed by atoms with van der Waals surface area (Å²) in [4.78, 5) is 0. The fourth-order valence-corrected chi connectivity index (χ4v) is 5.56. The summed E-state index contributed by atoms with van der Waals surface area (Å²) in [6, 6.07) is 8.71. The number of hydrogen-bond donors (Lipinski definition) is 0. The molecule has 0 nitrogen and oxygen atoms in total. The smallest absolute Gasteiger partial charge is 0.0410 e. The van der Waals surface area contributed by atoms with Gasteiger partial charge in [0.25, 0.3) is 0 Å². The summed E-state index contributed by atoms with van der Waals surface area (Å²) in [6.45, 7) is 2.20. The molecule has 3 aliphatic rings. The van der Waals surface area contributed by atoms with E-state index in [1.165, 1.54) is 30.4 Å². The molecular formula is C17H21Cl. The zero-order chi connectivity index (χ0) is 12.3. The van der Waals surface area contributed by atoms with E-state index in [0.29, 0.717) is 5.38 Å². The molecular weight excluding hydrogens is 240 g/mol. The van der Waals surface area contributed by atoms with Gasteiger partial charge in [0.2, 0.25) is 0 Å². The highest BCUT2D eigenvalue weighted by Gasteiger charge is 2.66. The largest absolute Gasteiger partial charge is 0.122 e. The third kappa shape index (κ3) is 1.58. The lowest BCUT2D eigenvalue weighted by Crippen LogP contribution is -2.13. The van der Waals surface area contributed by atoms with Gasteiger partial charge in [0, 0.05) is 5.38 Å². The third-order valence-corrected chi connectivity index (χ3v) is 6.33. The standard InChI is InChI=1S/C17H21Cl/c1-10-4-2-3-5-11(10)9-14(18)17-15-12-6-7-13(8-12)16(15)17/h2-5,12-17H,6-9H2,1H3. The van der Waals surface area contributed by atoms with Crippen molar-refractivity contribution in [1.29, 1.82) is 0 Å². The van der Waals surface area contributed by atoms with Crippen LogP contribution in [0.4, 0.5) is 0 Å². The van der Waals surface area contributed by atoms with Gasteiger partial charge < -0.3 is 0 Å². The maximum atomic E-state index is 6.75. The molecule has 3 fully saturated rings. The maximum Gasteiger partial charge on any atom is 0.0410 e. The van der Waals surface area contributed by atoms with Gasteiger partial charge in [-0.05, 0) is 73.3 Å². The van der Waals surface area contributed by atoms with Crippen molar-refractivity contribution in [3.8, 4) is 0 Å². The van der Waals surface area contributed by atoms with Crippen molar-refractivity contribution in [2.24, 2.45) is 29.6 Å². The monoisotopic (exact) mass is 260 g/mol. The molecule has 5 atom stereocenters. The van der Waals surface area contributed by atoms with E-state index >= 15 is 0 Å². The summed E-state index contributed by atoms with van der Waals surface area (Å²) in [6.07, 6.45) is 5.59. The molecule has 0 heterocycles. The van der Waals surface area contributed by atoms with Gasteiger partial charge >= 0.3 is 0 Å². The van der Waals surface area contributed by atoms with Crippen LogP contribution < -0.4 is 0 Å². The Morgan fingerprint density at radius 1 is 1.17 bits per heavy atom. The van der Waals surface area contributed by atoms with E-state index in [9.17, 15) is 0 Å². The Hall–Kier alpha value is -0.490.